The molecule has 0 spiro atoms. The lowest BCUT2D eigenvalue weighted by molar-refractivity contribution is 0.155. The van der Waals surface area contributed by atoms with E-state index in [2.05, 4.69) is 5.32 Å². The first-order chi connectivity index (χ1) is 10.0. The molecule has 1 saturated heterocycles. The number of carbonyl (C=O) groups excluding carboxylic acids is 1. The van der Waals surface area contributed by atoms with Gasteiger partial charge in [0.05, 0.1) is 12.6 Å². The van der Waals surface area contributed by atoms with Crippen LogP contribution in [-0.4, -0.2) is 41.3 Å². The van der Waals surface area contributed by atoms with Gasteiger partial charge in [0.15, 0.2) is 0 Å². The summed E-state index contributed by atoms with van der Waals surface area (Å²) in [6.07, 6.45) is 2.36. The van der Waals surface area contributed by atoms with Gasteiger partial charge < -0.3 is 15.3 Å². The highest BCUT2D eigenvalue weighted by Crippen LogP contribution is 2.25. The molecule has 116 valence electrons. The number of hydrogen-bond donors (Lipinski definition) is 2. The highest BCUT2D eigenvalue weighted by atomic mass is 35.5. The minimum atomic E-state index is -0.137. The fourth-order valence-corrected chi connectivity index (χ4v) is 3.22. The maximum Gasteiger partial charge on any atom is 0.317 e. The number of nitrogens with one attached hydrogen (secondary N) is 1. The Balaban J connectivity index is 1.95. The van der Waals surface area contributed by atoms with Gasteiger partial charge in [-0.15, -0.1) is 0 Å². The number of nitrogens with zero attached hydrogens (tertiary/aromatic N) is 1. The van der Waals surface area contributed by atoms with Crippen molar-refractivity contribution in [1.29, 1.82) is 0 Å². The summed E-state index contributed by atoms with van der Waals surface area (Å²) < 4.78 is 0. The molecule has 0 radical (unpaired) electrons. The second kappa shape index (κ2) is 7.34. The summed E-state index contributed by atoms with van der Waals surface area (Å²) in [6.45, 7) is 2.62. The lowest BCUT2D eigenvalue weighted by atomic mass is 10.1. The minimum Gasteiger partial charge on any atom is -0.394 e. The van der Waals surface area contributed by atoms with Crippen molar-refractivity contribution in [2.24, 2.45) is 0 Å². The first-order valence-corrected chi connectivity index (χ1v) is 7.89. The fraction of sp³-hybridized carbons (Fsp3) is 0.533. The molecule has 0 saturated carbocycles. The van der Waals surface area contributed by atoms with Gasteiger partial charge in [0.25, 0.3) is 0 Å². The van der Waals surface area contributed by atoms with Gasteiger partial charge in [-0.2, -0.15) is 0 Å². The van der Waals surface area contributed by atoms with E-state index < -0.39 is 0 Å². The third-order valence-electron chi connectivity index (χ3n) is 3.79. The van der Waals surface area contributed by atoms with Crippen LogP contribution in [-0.2, 0) is 6.42 Å². The molecule has 0 aromatic heterocycles. The van der Waals surface area contributed by atoms with Crippen LogP contribution < -0.4 is 5.32 Å². The molecule has 2 amide bonds. The van der Waals surface area contributed by atoms with Crippen molar-refractivity contribution in [3.63, 3.8) is 0 Å². The molecule has 1 aliphatic rings. The Bertz CT molecular complexity index is 490. The predicted molar refractivity (Wildman–Crippen MR) is 85.0 cm³/mol. The molecule has 4 nitrogen and oxygen atoms in total. The SMILES string of the molecule is CC(Cc1c(Cl)cccc1Cl)NC(=O)N1CCC[C@@H]1CO. The molecule has 1 unspecified atom stereocenters. The summed E-state index contributed by atoms with van der Waals surface area (Å²) in [6, 6.07) is 5.09. The topological polar surface area (TPSA) is 52.6 Å². The van der Waals surface area contributed by atoms with Crippen molar-refractivity contribution < 1.29 is 9.90 Å². The zero-order valence-electron chi connectivity index (χ0n) is 12.0. The molecule has 1 heterocycles. The van der Waals surface area contributed by atoms with Crippen LogP contribution in [0, 0.1) is 0 Å². The van der Waals surface area contributed by atoms with E-state index >= 15 is 0 Å². The third-order valence-corrected chi connectivity index (χ3v) is 4.50. The van der Waals surface area contributed by atoms with E-state index in [-0.39, 0.29) is 24.7 Å². The quantitative estimate of drug-likeness (QED) is 0.891. The molecular formula is C15H20Cl2N2O2. The van der Waals surface area contributed by atoms with Crippen molar-refractivity contribution in [3.8, 4) is 0 Å². The summed E-state index contributed by atoms with van der Waals surface area (Å²) in [7, 11) is 0. The van der Waals surface area contributed by atoms with Gasteiger partial charge in [0.1, 0.15) is 0 Å². The zero-order valence-corrected chi connectivity index (χ0v) is 13.5. The first-order valence-electron chi connectivity index (χ1n) is 7.13. The smallest absolute Gasteiger partial charge is 0.317 e. The lowest BCUT2D eigenvalue weighted by Gasteiger charge is -2.25. The second-order valence-corrected chi connectivity index (χ2v) is 6.24. The molecule has 1 aromatic carbocycles. The number of aliphatic hydroxyl groups is 1. The Morgan fingerprint density at radius 1 is 1.48 bits per heavy atom. The third kappa shape index (κ3) is 4.02. The van der Waals surface area contributed by atoms with Gasteiger partial charge in [0.2, 0.25) is 0 Å². The van der Waals surface area contributed by atoms with E-state index in [1.807, 2.05) is 6.92 Å². The second-order valence-electron chi connectivity index (χ2n) is 5.43. The van der Waals surface area contributed by atoms with E-state index in [4.69, 9.17) is 23.2 Å². The van der Waals surface area contributed by atoms with Crippen LogP contribution in [0.25, 0.3) is 0 Å². The average Bonchev–Trinajstić information content (AvgIpc) is 2.91. The molecule has 21 heavy (non-hydrogen) atoms. The Morgan fingerprint density at radius 2 is 2.14 bits per heavy atom. The van der Waals surface area contributed by atoms with Gasteiger partial charge in [-0.05, 0) is 43.9 Å². The molecule has 0 bridgehead atoms. The molecular weight excluding hydrogens is 311 g/mol. The number of likely N-dealkylation sites (tertiary alicyclic amines) is 1. The lowest BCUT2D eigenvalue weighted by Crippen LogP contribution is -2.47. The summed E-state index contributed by atoms with van der Waals surface area (Å²) >= 11 is 12.3. The summed E-state index contributed by atoms with van der Waals surface area (Å²) in [5, 5.41) is 13.4. The van der Waals surface area contributed by atoms with Crippen molar-refractivity contribution in [2.75, 3.05) is 13.2 Å². The molecule has 2 N–H and O–H groups in total. The van der Waals surface area contributed by atoms with Crippen molar-refractivity contribution in [3.05, 3.63) is 33.8 Å². The molecule has 1 fully saturated rings. The van der Waals surface area contributed by atoms with Crippen LogP contribution in [0.5, 0.6) is 0 Å². The van der Waals surface area contributed by atoms with Crippen LogP contribution in [0.2, 0.25) is 10.0 Å². The standard InChI is InChI=1S/C15H20Cl2N2O2/c1-10(8-12-13(16)5-2-6-14(12)17)18-15(21)19-7-3-4-11(19)9-20/h2,5-6,10-11,20H,3-4,7-9H2,1H3,(H,18,21)/t10?,11-/m1/s1. The van der Waals surface area contributed by atoms with Gasteiger partial charge >= 0.3 is 6.03 Å². The maximum absolute atomic E-state index is 12.2. The normalized spacial score (nSPS) is 19.6. The summed E-state index contributed by atoms with van der Waals surface area (Å²) in [5.74, 6) is 0. The Kier molecular flexibility index (Phi) is 5.73. The summed E-state index contributed by atoms with van der Waals surface area (Å²) in [4.78, 5) is 13.9. The Morgan fingerprint density at radius 3 is 2.76 bits per heavy atom. The Labute approximate surface area is 135 Å². The number of benzene rings is 1. The van der Waals surface area contributed by atoms with Crippen LogP contribution in [0.4, 0.5) is 4.79 Å². The molecule has 0 aliphatic carbocycles. The number of halogens is 2. The average molecular weight is 331 g/mol. The number of carbonyl (C=O) groups is 1. The molecule has 6 heteroatoms. The fourth-order valence-electron chi connectivity index (χ4n) is 2.67. The van der Waals surface area contributed by atoms with E-state index in [0.717, 1.165) is 18.4 Å². The maximum atomic E-state index is 12.2. The van der Waals surface area contributed by atoms with Crippen LogP contribution in [0.1, 0.15) is 25.3 Å². The highest BCUT2D eigenvalue weighted by molar-refractivity contribution is 6.36. The highest BCUT2D eigenvalue weighted by Gasteiger charge is 2.28. The predicted octanol–water partition coefficient (Wildman–Crippen LogP) is 3.09. The first kappa shape index (κ1) is 16.4. The zero-order chi connectivity index (χ0) is 15.4. The number of hydrogen-bond acceptors (Lipinski definition) is 2. The van der Waals surface area contributed by atoms with Crippen LogP contribution in [0.3, 0.4) is 0 Å². The van der Waals surface area contributed by atoms with Crippen molar-refractivity contribution in [1.82, 2.24) is 10.2 Å². The van der Waals surface area contributed by atoms with Gasteiger partial charge in [-0.25, -0.2) is 4.79 Å². The number of amides is 2. The largest absolute Gasteiger partial charge is 0.394 e. The van der Waals surface area contributed by atoms with E-state index in [0.29, 0.717) is 23.0 Å². The van der Waals surface area contributed by atoms with Crippen molar-refractivity contribution >= 4 is 29.2 Å². The molecule has 2 atom stereocenters. The monoisotopic (exact) mass is 330 g/mol. The minimum absolute atomic E-state index is 0.0120. The van der Waals surface area contributed by atoms with Crippen LogP contribution >= 0.6 is 23.2 Å². The van der Waals surface area contributed by atoms with Crippen molar-refractivity contribution in [2.45, 2.75) is 38.3 Å². The Hall–Kier alpha value is -0.970. The molecule has 1 aromatic rings. The summed E-state index contributed by atoms with van der Waals surface area (Å²) in [5.41, 5.74) is 0.841. The van der Waals surface area contributed by atoms with E-state index in [1.165, 1.54) is 0 Å². The number of rotatable bonds is 4. The van der Waals surface area contributed by atoms with Gasteiger partial charge in [0, 0.05) is 22.6 Å². The molecule has 2 rings (SSSR count). The number of aliphatic hydroxyl groups excluding tert-OH is 1. The van der Waals surface area contributed by atoms with Gasteiger partial charge in [-0.1, -0.05) is 29.3 Å². The molecule has 1 aliphatic heterocycles. The van der Waals surface area contributed by atoms with E-state index in [9.17, 15) is 9.90 Å². The van der Waals surface area contributed by atoms with Crippen LogP contribution in [0.15, 0.2) is 18.2 Å². The number of urea groups is 1. The van der Waals surface area contributed by atoms with Gasteiger partial charge in [-0.3, -0.25) is 0 Å². The van der Waals surface area contributed by atoms with E-state index in [1.54, 1.807) is 23.1 Å².